The first-order chi connectivity index (χ1) is 11.7. The molecule has 0 spiro atoms. The fraction of sp³-hybridized carbons (Fsp3) is 0.111. The van der Waals surface area contributed by atoms with Crippen molar-refractivity contribution in [1.82, 2.24) is 15.0 Å². The number of aromatic amines is 1. The number of hydrogen-bond donors (Lipinski definition) is 2. The molecule has 0 aliphatic rings. The van der Waals surface area contributed by atoms with Crippen LogP contribution in [0.15, 0.2) is 55.1 Å². The quantitative estimate of drug-likeness (QED) is 0.561. The van der Waals surface area contributed by atoms with Gasteiger partial charge in [-0.15, -0.1) is 22.7 Å². The molecule has 6 heteroatoms. The highest BCUT2D eigenvalue weighted by Gasteiger charge is 2.22. The predicted molar refractivity (Wildman–Crippen MR) is 98.2 cm³/mol. The van der Waals surface area contributed by atoms with Crippen LogP contribution in [0.5, 0.6) is 0 Å². The number of aromatic nitrogens is 3. The number of imidazole rings is 1. The lowest BCUT2D eigenvalue weighted by Crippen LogP contribution is -1.97. The van der Waals surface area contributed by atoms with E-state index >= 15 is 0 Å². The number of pyridine rings is 1. The fourth-order valence-electron chi connectivity index (χ4n) is 2.59. The summed E-state index contributed by atoms with van der Waals surface area (Å²) in [7, 11) is 0. The van der Waals surface area contributed by atoms with E-state index in [2.05, 4.69) is 21.0 Å². The average Bonchev–Trinajstić information content (AvgIpc) is 3.35. The first kappa shape index (κ1) is 15.3. The molecule has 1 atom stereocenters. The second-order valence-electron chi connectivity index (χ2n) is 5.42. The lowest BCUT2D eigenvalue weighted by Gasteiger charge is -2.08. The second-order valence-corrected chi connectivity index (χ2v) is 7.79. The molecule has 0 aliphatic carbocycles. The summed E-state index contributed by atoms with van der Waals surface area (Å²) in [6, 6.07) is 10.0. The molecule has 4 rings (SSSR count). The first-order valence-electron chi connectivity index (χ1n) is 7.50. The van der Waals surface area contributed by atoms with Gasteiger partial charge in [0.25, 0.3) is 0 Å². The van der Waals surface area contributed by atoms with E-state index in [0.29, 0.717) is 0 Å². The van der Waals surface area contributed by atoms with E-state index in [1.807, 2.05) is 31.2 Å². The smallest absolute Gasteiger partial charge is 0.147 e. The standard InChI is InChI=1S/C18H15N3OS2/c1-11-2-3-14(23-11)16(22)13-10-15(12-4-6-19-7-5-12)24-17(13)18-20-8-9-21-18/h2-10,16,22H,1H3,(H,20,21). The maximum Gasteiger partial charge on any atom is 0.147 e. The Morgan fingerprint density at radius 1 is 1.08 bits per heavy atom. The maximum atomic E-state index is 10.9. The number of nitrogens with one attached hydrogen (secondary N) is 1. The van der Waals surface area contributed by atoms with E-state index in [-0.39, 0.29) is 0 Å². The van der Waals surface area contributed by atoms with Gasteiger partial charge in [0.1, 0.15) is 11.9 Å². The van der Waals surface area contributed by atoms with E-state index in [1.165, 1.54) is 4.88 Å². The van der Waals surface area contributed by atoms with Crippen molar-refractivity contribution in [3.63, 3.8) is 0 Å². The molecule has 4 heterocycles. The molecule has 120 valence electrons. The minimum atomic E-state index is -0.657. The van der Waals surface area contributed by atoms with Crippen molar-refractivity contribution in [2.75, 3.05) is 0 Å². The van der Waals surface area contributed by atoms with Crippen LogP contribution >= 0.6 is 22.7 Å². The third kappa shape index (κ3) is 2.80. The van der Waals surface area contributed by atoms with Crippen LogP contribution in [0.4, 0.5) is 0 Å². The largest absolute Gasteiger partial charge is 0.383 e. The first-order valence-corrected chi connectivity index (χ1v) is 9.14. The topological polar surface area (TPSA) is 61.8 Å². The summed E-state index contributed by atoms with van der Waals surface area (Å²) in [6.45, 7) is 2.05. The Labute approximate surface area is 147 Å². The molecule has 0 bridgehead atoms. The van der Waals surface area contributed by atoms with Crippen molar-refractivity contribution in [1.29, 1.82) is 0 Å². The van der Waals surface area contributed by atoms with E-state index in [4.69, 9.17) is 0 Å². The van der Waals surface area contributed by atoms with E-state index < -0.39 is 6.10 Å². The molecule has 24 heavy (non-hydrogen) atoms. The average molecular weight is 353 g/mol. The van der Waals surface area contributed by atoms with Crippen LogP contribution < -0.4 is 0 Å². The summed E-state index contributed by atoms with van der Waals surface area (Å²) in [5.74, 6) is 0.780. The number of rotatable bonds is 4. The molecular formula is C18H15N3OS2. The number of thiophene rings is 2. The third-order valence-corrected chi connectivity index (χ3v) is 6.02. The van der Waals surface area contributed by atoms with Gasteiger partial charge in [-0.3, -0.25) is 4.98 Å². The Kier molecular flexibility index (Phi) is 4.02. The SMILES string of the molecule is Cc1ccc(C(O)c2cc(-c3ccncc3)sc2-c2ncc[nH]2)s1. The summed E-state index contributed by atoms with van der Waals surface area (Å²) in [5.41, 5.74) is 1.97. The van der Waals surface area contributed by atoms with E-state index in [9.17, 15) is 5.11 Å². The number of nitrogens with zero attached hydrogens (tertiary/aromatic N) is 2. The zero-order chi connectivity index (χ0) is 16.5. The number of hydrogen-bond acceptors (Lipinski definition) is 5. The predicted octanol–water partition coefficient (Wildman–Crippen LogP) is 4.65. The van der Waals surface area contributed by atoms with Gasteiger partial charge in [-0.1, -0.05) is 0 Å². The monoisotopic (exact) mass is 353 g/mol. The summed E-state index contributed by atoms with van der Waals surface area (Å²) in [5, 5.41) is 10.9. The van der Waals surface area contributed by atoms with Gasteiger partial charge in [0, 0.05) is 45.0 Å². The highest BCUT2D eigenvalue weighted by Crippen LogP contribution is 2.42. The molecular weight excluding hydrogens is 338 g/mol. The Balaban J connectivity index is 1.84. The van der Waals surface area contributed by atoms with Crippen molar-refractivity contribution < 1.29 is 5.11 Å². The fourth-order valence-corrected chi connectivity index (χ4v) is 4.63. The van der Waals surface area contributed by atoms with Gasteiger partial charge in [-0.25, -0.2) is 4.98 Å². The Bertz CT molecular complexity index is 942. The van der Waals surface area contributed by atoms with Crippen LogP contribution in [-0.4, -0.2) is 20.1 Å². The molecule has 0 radical (unpaired) electrons. The number of aliphatic hydroxyl groups excluding tert-OH is 1. The van der Waals surface area contributed by atoms with Gasteiger partial charge < -0.3 is 10.1 Å². The van der Waals surface area contributed by atoms with Gasteiger partial charge in [-0.2, -0.15) is 0 Å². The minimum Gasteiger partial charge on any atom is -0.383 e. The molecule has 0 saturated heterocycles. The maximum absolute atomic E-state index is 10.9. The van der Waals surface area contributed by atoms with Crippen LogP contribution in [0.25, 0.3) is 21.1 Å². The Hall–Kier alpha value is -2.28. The molecule has 2 N–H and O–H groups in total. The van der Waals surface area contributed by atoms with Crippen LogP contribution in [0.3, 0.4) is 0 Å². The van der Waals surface area contributed by atoms with Crippen LogP contribution in [0, 0.1) is 6.92 Å². The molecule has 4 nitrogen and oxygen atoms in total. The lowest BCUT2D eigenvalue weighted by atomic mass is 10.1. The van der Waals surface area contributed by atoms with Gasteiger partial charge in [0.05, 0.1) is 4.88 Å². The highest BCUT2D eigenvalue weighted by molar-refractivity contribution is 7.19. The van der Waals surface area contributed by atoms with Crippen LogP contribution in [0.2, 0.25) is 0 Å². The van der Waals surface area contributed by atoms with Crippen molar-refractivity contribution in [3.8, 4) is 21.1 Å². The van der Waals surface area contributed by atoms with E-state index in [1.54, 1.807) is 47.5 Å². The Morgan fingerprint density at radius 3 is 2.58 bits per heavy atom. The molecule has 4 aromatic rings. The molecule has 0 aromatic carbocycles. The number of aliphatic hydroxyl groups is 1. The molecule has 0 saturated carbocycles. The van der Waals surface area contributed by atoms with E-state index in [0.717, 1.165) is 31.6 Å². The van der Waals surface area contributed by atoms with Crippen molar-refractivity contribution >= 4 is 22.7 Å². The molecule has 0 aliphatic heterocycles. The lowest BCUT2D eigenvalue weighted by molar-refractivity contribution is 0.225. The summed E-state index contributed by atoms with van der Waals surface area (Å²) < 4.78 is 0. The van der Waals surface area contributed by atoms with Crippen LogP contribution in [0.1, 0.15) is 21.4 Å². The molecule has 1 unspecified atom stereocenters. The van der Waals surface area contributed by atoms with Crippen molar-refractivity contribution in [2.24, 2.45) is 0 Å². The van der Waals surface area contributed by atoms with Gasteiger partial charge >= 0.3 is 0 Å². The van der Waals surface area contributed by atoms with Gasteiger partial charge in [-0.05, 0) is 42.8 Å². The van der Waals surface area contributed by atoms with Gasteiger partial charge in [0.2, 0.25) is 0 Å². The molecule has 0 amide bonds. The van der Waals surface area contributed by atoms with Crippen LogP contribution in [-0.2, 0) is 0 Å². The second kappa shape index (κ2) is 6.32. The molecule has 0 fully saturated rings. The zero-order valence-electron chi connectivity index (χ0n) is 12.9. The number of aryl methyl sites for hydroxylation is 1. The minimum absolute atomic E-state index is 0.657. The number of H-pyrrole nitrogens is 1. The van der Waals surface area contributed by atoms with Gasteiger partial charge in [0.15, 0.2) is 0 Å². The summed E-state index contributed by atoms with van der Waals surface area (Å²) in [6.07, 6.45) is 6.43. The zero-order valence-corrected chi connectivity index (χ0v) is 14.6. The summed E-state index contributed by atoms with van der Waals surface area (Å²) in [4.78, 5) is 15.8. The molecule has 4 aromatic heterocycles. The Morgan fingerprint density at radius 2 is 1.92 bits per heavy atom. The van der Waals surface area contributed by atoms with Crippen molar-refractivity contribution in [3.05, 3.63) is 70.4 Å². The normalized spacial score (nSPS) is 12.4. The summed E-state index contributed by atoms with van der Waals surface area (Å²) >= 11 is 3.24. The highest BCUT2D eigenvalue weighted by atomic mass is 32.1. The third-order valence-electron chi connectivity index (χ3n) is 3.76. The van der Waals surface area contributed by atoms with Crippen molar-refractivity contribution in [2.45, 2.75) is 13.0 Å².